The van der Waals surface area contributed by atoms with Gasteiger partial charge in [0.25, 0.3) is 5.91 Å². The van der Waals surface area contributed by atoms with Gasteiger partial charge in [-0.1, -0.05) is 36.4 Å². The van der Waals surface area contributed by atoms with Gasteiger partial charge in [0.15, 0.2) is 6.61 Å². The van der Waals surface area contributed by atoms with Gasteiger partial charge >= 0.3 is 0 Å². The Labute approximate surface area is 163 Å². The van der Waals surface area contributed by atoms with Crippen molar-refractivity contribution >= 4 is 28.3 Å². The van der Waals surface area contributed by atoms with Gasteiger partial charge in [-0.25, -0.2) is 0 Å². The Morgan fingerprint density at radius 1 is 1.07 bits per heavy atom. The van der Waals surface area contributed by atoms with E-state index in [-0.39, 0.29) is 24.5 Å². The van der Waals surface area contributed by atoms with Gasteiger partial charge in [-0.3, -0.25) is 9.59 Å². The molecule has 0 aromatic heterocycles. The second-order valence-electron chi connectivity index (χ2n) is 7.05. The molecule has 1 aliphatic rings. The fourth-order valence-electron chi connectivity index (χ4n) is 3.44. The van der Waals surface area contributed by atoms with E-state index >= 15 is 0 Å². The highest BCUT2D eigenvalue weighted by Gasteiger charge is 2.16. The number of ether oxygens (including phenoxy) is 1. The van der Waals surface area contributed by atoms with Gasteiger partial charge in [0.2, 0.25) is 5.91 Å². The molecule has 5 heteroatoms. The quantitative estimate of drug-likeness (QED) is 0.710. The fourth-order valence-corrected chi connectivity index (χ4v) is 3.44. The lowest BCUT2D eigenvalue weighted by atomic mass is 10.0. The van der Waals surface area contributed by atoms with Crippen LogP contribution < -0.4 is 15.4 Å². The molecule has 0 saturated carbocycles. The van der Waals surface area contributed by atoms with Crippen LogP contribution >= 0.6 is 0 Å². The van der Waals surface area contributed by atoms with E-state index < -0.39 is 0 Å². The molecule has 1 aliphatic heterocycles. The number of benzene rings is 3. The van der Waals surface area contributed by atoms with Crippen molar-refractivity contribution in [1.82, 2.24) is 5.32 Å². The Kier molecular flexibility index (Phi) is 4.98. The summed E-state index contributed by atoms with van der Waals surface area (Å²) in [6, 6.07) is 19.7. The molecule has 0 aliphatic carbocycles. The molecular formula is C23H22N2O3. The third kappa shape index (κ3) is 3.98. The Morgan fingerprint density at radius 3 is 2.75 bits per heavy atom. The Balaban J connectivity index is 1.35. The van der Waals surface area contributed by atoms with E-state index in [4.69, 9.17) is 4.74 Å². The van der Waals surface area contributed by atoms with Crippen molar-refractivity contribution in [3.8, 4) is 5.75 Å². The van der Waals surface area contributed by atoms with Gasteiger partial charge in [-0.15, -0.1) is 0 Å². The number of hydrogen-bond acceptors (Lipinski definition) is 3. The highest BCUT2D eigenvalue weighted by atomic mass is 16.5. The van der Waals surface area contributed by atoms with E-state index in [0.29, 0.717) is 18.6 Å². The van der Waals surface area contributed by atoms with Crippen LogP contribution in [0.2, 0.25) is 0 Å². The molecule has 2 amide bonds. The predicted molar refractivity (Wildman–Crippen MR) is 109 cm³/mol. The minimum atomic E-state index is -0.174. The van der Waals surface area contributed by atoms with Crippen LogP contribution in [-0.4, -0.2) is 18.4 Å². The van der Waals surface area contributed by atoms with Crippen LogP contribution in [0.25, 0.3) is 10.8 Å². The summed E-state index contributed by atoms with van der Waals surface area (Å²) >= 11 is 0. The van der Waals surface area contributed by atoms with E-state index in [2.05, 4.69) is 34.9 Å². The summed E-state index contributed by atoms with van der Waals surface area (Å²) in [7, 11) is 0. The minimum Gasteiger partial charge on any atom is -0.484 e. The molecule has 0 spiro atoms. The molecule has 3 aromatic carbocycles. The Morgan fingerprint density at radius 2 is 1.89 bits per heavy atom. The standard InChI is InChI=1S/C23H22N2O3/c1-15(17-7-6-16-4-2-3-5-18(16)12-17)24-23(27)14-28-20-9-10-21-19(13-20)8-11-22(26)25-21/h2-7,9-10,12-13,15H,8,11,14H2,1H3,(H,24,27)(H,25,26). The lowest BCUT2D eigenvalue weighted by Gasteiger charge is -2.18. The van der Waals surface area contributed by atoms with Crippen molar-refractivity contribution in [1.29, 1.82) is 0 Å². The molecule has 0 fully saturated rings. The molecule has 1 heterocycles. The SMILES string of the molecule is CC(NC(=O)COc1ccc2c(c1)CCC(=O)N2)c1ccc2ccccc2c1. The summed E-state index contributed by atoms with van der Waals surface area (Å²) in [6.45, 7) is 1.91. The molecule has 3 aromatic rings. The van der Waals surface area contributed by atoms with Crippen LogP contribution in [0.5, 0.6) is 5.75 Å². The van der Waals surface area contributed by atoms with Crippen molar-refractivity contribution in [3.63, 3.8) is 0 Å². The average molecular weight is 374 g/mol. The molecule has 0 saturated heterocycles. The summed E-state index contributed by atoms with van der Waals surface area (Å²) in [5.74, 6) is 0.485. The summed E-state index contributed by atoms with van der Waals surface area (Å²) in [4.78, 5) is 23.7. The lowest BCUT2D eigenvalue weighted by Crippen LogP contribution is -2.31. The number of amides is 2. The topological polar surface area (TPSA) is 67.4 Å². The van der Waals surface area contributed by atoms with Crippen molar-refractivity contribution in [3.05, 3.63) is 71.8 Å². The molecule has 1 atom stereocenters. The van der Waals surface area contributed by atoms with Crippen LogP contribution in [0, 0.1) is 0 Å². The summed E-state index contributed by atoms with van der Waals surface area (Å²) in [5, 5.41) is 8.14. The molecular weight excluding hydrogens is 352 g/mol. The van der Waals surface area contributed by atoms with Crippen LogP contribution in [0.1, 0.15) is 30.5 Å². The monoisotopic (exact) mass is 374 g/mol. The van der Waals surface area contributed by atoms with Crippen LogP contribution in [-0.2, 0) is 16.0 Å². The van der Waals surface area contributed by atoms with Gasteiger partial charge in [0.05, 0.1) is 6.04 Å². The molecule has 0 bridgehead atoms. The van der Waals surface area contributed by atoms with Crippen LogP contribution in [0.3, 0.4) is 0 Å². The van der Waals surface area contributed by atoms with Crippen molar-refractivity contribution < 1.29 is 14.3 Å². The average Bonchev–Trinajstić information content (AvgIpc) is 2.71. The van der Waals surface area contributed by atoms with Gasteiger partial charge < -0.3 is 15.4 Å². The van der Waals surface area contributed by atoms with Crippen molar-refractivity contribution in [2.75, 3.05) is 11.9 Å². The largest absolute Gasteiger partial charge is 0.484 e. The maximum absolute atomic E-state index is 12.3. The number of aryl methyl sites for hydroxylation is 1. The van der Waals surface area contributed by atoms with E-state index in [1.165, 1.54) is 5.39 Å². The molecule has 5 nitrogen and oxygen atoms in total. The summed E-state index contributed by atoms with van der Waals surface area (Å²) < 4.78 is 5.64. The third-order valence-corrected chi connectivity index (χ3v) is 4.99. The second kappa shape index (κ2) is 7.72. The normalized spacial score (nSPS) is 14.1. The number of hydrogen-bond donors (Lipinski definition) is 2. The number of anilines is 1. The van der Waals surface area contributed by atoms with Gasteiger partial charge in [-0.2, -0.15) is 0 Å². The molecule has 142 valence electrons. The lowest BCUT2D eigenvalue weighted by molar-refractivity contribution is -0.123. The highest BCUT2D eigenvalue weighted by molar-refractivity contribution is 5.94. The smallest absolute Gasteiger partial charge is 0.258 e. The van der Waals surface area contributed by atoms with Crippen LogP contribution in [0.15, 0.2) is 60.7 Å². The first kappa shape index (κ1) is 18.0. The van der Waals surface area contributed by atoms with Gasteiger partial charge in [0.1, 0.15) is 5.75 Å². The second-order valence-corrected chi connectivity index (χ2v) is 7.05. The maximum atomic E-state index is 12.3. The predicted octanol–water partition coefficient (Wildman–Crippen LogP) is 3.98. The molecule has 28 heavy (non-hydrogen) atoms. The maximum Gasteiger partial charge on any atom is 0.258 e. The van der Waals surface area contributed by atoms with Crippen molar-refractivity contribution in [2.45, 2.75) is 25.8 Å². The minimum absolute atomic E-state index is 0.0308. The molecule has 1 unspecified atom stereocenters. The fraction of sp³-hybridized carbons (Fsp3) is 0.217. The zero-order valence-electron chi connectivity index (χ0n) is 15.7. The van der Waals surface area contributed by atoms with Gasteiger partial charge in [0, 0.05) is 12.1 Å². The van der Waals surface area contributed by atoms with E-state index in [0.717, 1.165) is 22.2 Å². The number of carbonyl (C=O) groups is 2. The summed E-state index contributed by atoms with van der Waals surface area (Å²) in [6.07, 6.45) is 1.16. The molecule has 0 radical (unpaired) electrons. The van der Waals surface area contributed by atoms with Gasteiger partial charge in [-0.05, 0) is 59.5 Å². The zero-order chi connectivity index (χ0) is 19.5. The number of carbonyl (C=O) groups excluding carboxylic acids is 2. The summed E-state index contributed by atoms with van der Waals surface area (Å²) in [5.41, 5.74) is 2.90. The van der Waals surface area contributed by atoms with E-state index in [1.807, 2.05) is 37.3 Å². The third-order valence-electron chi connectivity index (χ3n) is 4.99. The highest BCUT2D eigenvalue weighted by Crippen LogP contribution is 2.27. The number of nitrogens with one attached hydrogen (secondary N) is 2. The number of rotatable bonds is 5. The Hall–Kier alpha value is -3.34. The first-order chi connectivity index (χ1) is 13.6. The van der Waals surface area contributed by atoms with Crippen molar-refractivity contribution in [2.24, 2.45) is 0 Å². The zero-order valence-corrected chi connectivity index (χ0v) is 15.7. The van der Waals surface area contributed by atoms with E-state index in [1.54, 1.807) is 6.07 Å². The number of fused-ring (bicyclic) bond motifs is 2. The van der Waals surface area contributed by atoms with E-state index in [9.17, 15) is 9.59 Å². The first-order valence-electron chi connectivity index (χ1n) is 9.42. The van der Waals surface area contributed by atoms with Crippen LogP contribution in [0.4, 0.5) is 5.69 Å². The first-order valence-corrected chi connectivity index (χ1v) is 9.42. The Bertz CT molecular complexity index is 1040. The molecule has 4 rings (SSSR count). The molecule has 2 N–H and O–H groups in total.